The molecule has 5 nitrogen and oxygen atoms in total. The number of aliphatic carboxylic acids is 1. The van der Waals surface area contributed by atoms with E-state index in [1.54, 1.807) is 0 Å². The lowest BCUT2D eigenvalue weighted by molar-refractivity contribution is -0.137. The fourth-order valence-electron chi connectivity index (χ4n) is 2.82. The van der Waals surface area contributed by atoms with Crippen molar-refractivity contribution in [3.8, 4) is 0 Å². The van der Waals surface area contributed by atoms with Gasteiger partial charge in [0.15, 0.2) is 0 Å². The van der Waals surface area contributed by atoms with Gasteiger partial charge in [0.25, 0.3) is 0 Å². The van der Waals surface area contributed by atoms with E-state index in [-0.39, 0.29) is 30.2 Å². The molecule has 0 saturated heterocycles. The van der Waals surface area contributed by atoms with Crippen LogP contribution < -0.4 is 11.1 Å². The molecule has 3 atom stereocenters. The summed E-state index contributed by atoms with van der Waals surface area (Å²) in [5, 5.41) is 11.7. The maximum Gasteiger partial charge on any atom is 0.303 e. The Bertz CT molecular complexity index is 513. The second-order valence-electron chi connectivity index (χ2n) is 5.81. The number of carboxylic acids is 1. The largest absolute Gasteiger partial charge is 0.481 e. The molecular weight excluding hydrogens is 268 g/mol. The predicted molar refractivity (Wildman–Crippen MR) is 81.1 cm³/mol. The second-order valence-corrected chi connectivity index (χ2v) is 5.81. The Kier molecular flexibility index (Phi) is 4.96. The van der Waals surface area contributed by atoms with Crippen LogP contribution in [0.2, 0.25) is 0 Å². The highest BCUT2D eigenvalue weighted by molar-refractivity contribution is 5.93. The van der Waals surface area contributed by atoms with Crippen LogP contribution in [0.5, 0.6) is 0 Å². The van der Waals surface area contributed by atoms with Crippen LogP contribution in [-0.4, -0.2) is 23.0 Å². The van der Waals surface area contributed by atoms with Crippen molar-refractivity contribution in [3.63, 3.8) is 0 Å². The van der Waals surface area contributed by atoms with Gasteiger partial charge in [-0.3, -0.25) is 9.59 Å². The average Bonchev–Trinajstić information content (AvgIpc) is 2.85. The molecule has 0 aromatic heterocycles. The molecule has 5 heteroatoms. The molecule has 1 fully saturated rings. The topological polar surface area (TPSA) is 92.4 Å². The highest BCUT2D eigenvalue weighted by atomic mass is 16.4. The van der Waals surface area contributed by atoms with Crippen LogP contribution in [0.1, 0.15) is 44.1 Å². The van der Waals surface area contributed by atoms with Crippen molar-refractivity contribution in [2.45, 2.75) is 44.6 Å². The Balaban J connectivity index is 1.96. The molecule has 1 amide bonds. The summed E-state index contributed by atoms with van der Waals surface area (Å²) in [5.74, 6) is -0.979. The number of hydrogen-bond acceptors (Lipinski definition) is 3. The predicted octanol–water partition coefficient (Wildman–Crippen LogP) is 2.33. The number of carboxylic acid groups (broad SMARTS) is 1. The van der Waals surface area contributed by atoms with Crippen molar-refractivity contribution < 1.29 is 14.7 Å². The zero-order chi connectivity index (χ0) is 15.4. The quantitative estimate of drug-likeness (QED) is 0.776. The van der Waals surface area contributed by atoms with E-state index in [0.717, 1.165) is 30.5 Å². The van der Waals surface area contributed by atoms with E-state index in [9.17, 15) is 9.59 Å². The summed E-state index contributed by atoms with van der Waals surface area (Å²) in [6.45, 7) is 1.87. The maximum absolute atomic E-state index is 12.1. The van der Waals surface area contributed by atoms with E-state index >= 15 is 0 Å². The Morgan fingerprint density at radius 1 is 1.33 bits per heavy atom. The number of carbonyl (C=O) groups is 2. The summed E-state index contributed by atoms with van der Waals surface area (Å²) >= 11 is 0. The molecular formula is C16H22N2O3. The van der Waals surface area contributed by atoms with E-state index in [2.05, 4.69) is 5.32 Å². The first-order chi connectivity index (χ1) is 9.97. The van der Waals surface area contributed by atoms with Crippen molar-refractivity contribution in [1.29, 1.82) is 0 Å². The normalized spacial score (nSPS) is 22.8. The van der Waals surface area contributed by atoms with E-state index in [1.165, 1.54) is 0 Å². The Morgan fingerprint density at radius 3 is 2.52 bits per heavy atom. The third-order valence-corrected chi connectivity index (χ3v) is 4.13. The van der Waals surface area contributed by atoms with Gasteiger partial charge in [0.1, 0.15) is 0 Å². The van der Waals surface area contributed by atoms with E-state index in [0.29, 0.717) is 0 Å². The molecule has 0 aliphatic heterocycles. The first-order valence-corrected chi connectivity index (χ1v) is 7.35. The zero-order valence-electron chi connectivity index (χ0n) is 12.2. The van der Waals surface area contributed by atoms with Crippen LogP contribution in [0.15, 0.2) is 24.3 Å². The molecule has 2 rings (SSSR count). The minimum atomic E-state index is -0.810. The SMILES string of the molecule is CC(CC(=O)O)c1ccc(NC(=O)C2CCCC2N)cc1. The second kappa shape index (κ2) is 6.72. The van der Waals surface area contributed by atoms with Crippen LogP contribution in [0.25, 0.3) is 0 Å². The van der Waals surface area contributed by atoms with Crippen molar-refractivity contribution in [1.82, 2.24) is 0 Å². The lowest BCUT2D eigenvalue weighted by Gasteiger charge is -2.16. The van der Waals surface area contributed by atoms with Crippen molar-refractivity contribution >= 4 is 17.6 Å². The number of nitrogens with two attached hydrogens (primary N) is 1. The summed E-state index contributed by atoms with van der Waals surface area (Å²) in [4.78, 5) is 22.8. The Hall–Kier alpha value is -1.88. The van der Waals surface area contributed by atoms with Gasteiger partial charge in [-0.15, -0.1) is 0 Å². The van der Waals surface area contributed by atoms with E-state index in [4.69, 9.17) is 10.8 Å². The Labute approximate surface area is 124 Å². The summed E-state index contributed by atoms with van der Waals surface area (Å²) in [6, 6.07) is 7.30. The molecule has 1 aliphatic rings. The van der Waals surface area contributed by atoms with Gasteiger partial charge in [-0.2, -0.15) is 0 Å². The van der Waals surface area contributed by atoms with Crippen LogP contribution in [0.4, 0.5) is 5.69 Å². The van der Waals surface area contributed by atoms with Gasteiger partial charge < -0.3 is 16.2 Å². The number of anilines is 1. The molecule has 114 valence electrons. The first kappa shape index (κ1) is 15.5. The van der Waals surface area contributed by atoms with Gasteiger partial charge in [-0.1, -0.05) is 25.5 Å². The maximum atomic E-state index is 12.1. The standard InChI is InChI=1S/C16H22N2O3/c1-10(9-15(19)20)11-5-7-12(8-6-11)18-16(21)13-3-2-4-14(13)17/h5-8,10,13-14H,2-4,9,17H2,1H3,(H,18,21)(H,19,20). The van der Waals surface area contributed by atoms with Crippen molar-refractivity contribution in [2.24, 2.45) is 11.7 Å². The average molecular weight is 290 g/mol. The number of nitrogens with one attached hydrogen (secondary N) is 1. The van der Waals surface area contributed by atoms with Gasteiger partial charge >= 0.3 is 5.97 Å². The van der Waals surface area contributed by atoms with Crippen molar-refractivity contribution in [3.05, 3.63) is 29.8 Å². The van der Waals surface area contributed by atoms with Gasteiger partial charge in [-0.05, 0) is 36.5 Å². The fourth-order valence-corrected chi connectivity index (χ4v) is 2.82. The third-order valence-electron chi connectivity index (χ3n) is 4.13. The lowest BCUT2D eigenvalue weighted by atomic mass is 9.97. The molecule has 0 radical (unpaired) electrons. The van der Waals surface area contributed by atoms with Gasteiger partial charge in [0, 0.05) is 11.7 Å². The number of rotatable bonds is 5. The number of hydrogen-bond donors (Lipinski definition) is 3. The molecule has 1 aliphatic carbocycles. The molecule has 1 aromatic rings. The smallest absolute Gasteiger partial charge is 0.303 e. The highest BCUT2D eigenvalue weighted by Crippen LogP contribution is 2.26. The molecule has 0 heterocycles. The van der Waals surface area contributed by atoms with Crippen molar-refractivity contribution in [2.75, 3.05) is 5.32 Å². The minimum Gasteiger partial charge on any atom is -0.481 e. The van der Waals surface area contributed by atoms with Gasteiger partial charge in [-0.25, -0.2) is 0 Å². The summed E-state index contributed by atoms with van der Waals surface area (Å²) in [6.07, 6.45) is 2.86. The molecule has 0 bridgehead atoms. The molecule has 3 unspecified atom stereocenters. The highest BCUT2D eigenvalue weighted by Gasteiger charge is 2.30. The molecule has 21 heavy (non-hydrogen) atoms. The lowest BCUT2D eigenvalue weighted by Crippen LogP contribution is -2.34. The monoisotopic (exact) mass is 290 g/mol. The summed E-state index contributed by atoms with van der Waals surface area (Å²) in [5.41, 5.74) is 7.61. The fraction of sp³-hybridized carbons (Fsp3) is 0.500. The zero-order valence-corrected chi connectivity index (χ0v) is 12.2. The van der Waals surface area contributed by atoms with Gasteiger partial charge in [0.2, 0.25) is 5.91 Å². The number of carbonyl (C=O) groups excluding carboxylic acids is 1. The summed E-state index contributed by atoms with van der Waals surface area (Å²) in [7, 11) is 0. The van der Waals surface area contributed by atoms with Crippen LogP contribution >= 0.6 is 0 Å². The summed E-state index contributed by atoms with van der Waals surface area (Å²) < 4.78 is 0. The molecule has 4 N–H and O–H groups in total. The third kappa shape index (κ3) is 4.04. The number of benzene rings is 1. The molecule has 1 aromatic carbocycles. The van der Waals surface area contributed by atoms with Crippen LogP contribution in [0, 0.1) is 5.92 Å². The Morgan fingerprint density at radius 2 is 2.00 bits per heavy atom. The van der Waals surface area contributed by atoms with E-state index in [1.807, 2.05) is 31.2 Å². The van der Waals surface area contributed by atoms with E-state index < -0.39 is 5.97 Å². The van der Waals surface area contributed by atoms with Crippen LogP contribution in [0.3, 0.4) is 0 Å². The number of amides is 1. The molecule has 0 spiro atoms. The van der Waals surface area contributed by atoms with Crippen LogP contribution in [-0.2, 0) is 9.59 Å². The first-order valence-electron chi connectivity index (χ1n) is 7.35. The minimum absolute atomic E-state index is 0.0219. The van der Waals surface area contributed by atoms with Gasteiger partial charge in [0.05, 0.1) is 12.3 Å². The molecule has 1 saturated carbocycles.